The van der Waals surface area contributed by atoms with E-state index in [2.05, 4.69) is 19.9 Å². The van der Waals surface area contributed by atoms with Gasteiger partial charge in [-0.15, -0.1) is 11.8 Å². The molecule has 2 aromatic heterocycles. The maximum atomic E-state index is 13.5. The number of halogens is 5. The number of nitrogen functional groups attached to an aromatic ring is 1. The molecule has 1 aromatic carbocycles. The smallest absolute Gasteiger partial charge is 0.376 e. The van der Waals surface area contributed by atoms with Gasteiger partial charge in [0.1, 0.15) is 10.5 Å². The van der Waals surface area contributed by atoms with Crippen LogP contribution in [0.4, 0.5) is 19.1 Å². The number of alkyl halides is 3. The number of aliphatic hydroxyl groups is 1. The van der Waals surface area contributed by atoms with Crippen molar-refractivity contribution in [2.24, 2.45) is 0 Å². The Morgan fingerprint density at radius 1 is 1.21 bits per heavy atom. The number of nitrogens with two attached hydrogens (primary N) is 1. The van der Waals surface area contributed by atoms with Crippen LogP contribution in [-0.2, 0) is 0 Å². The van der Waals surface area contributed by atoms with Gasteiger partial charge in [-0.05, 0) is 23.8 Å². The zero-order chi connectivity index (χ0) is 20.5. The third-order valence-corrected chi connectivity index (χ3v) is 5.58. The molecule has 0 amide bonds. The maximum Gasteiger partial charge on any atom is 0.421 e. The molecule has 3 rings (SSSR count). The molecular formula is C16H12Cl2F3N5OS. The van der Waals surface area contributed by atoms with Crippen molar-refractivity contribution in [3.05, 3.63) is 46.2 Å². The van der Waals surface area contributed by atoms with Crippen molar-refractivity contribution in [1.82, 2.24) is 19.9 Å². The van der Waals surface area contributed by atoms with Crippen LogP contribution in [0.3, 0.4) is 0 Å². The lowest BCUT2D eigenvalue weighted by Gasteiger charge is -2.27. The lowest BCUT2D eigenvalue weighted by Crippen LogP contribution is -2.45. The minimum atomic E-state index is -4.93. The summed E-state index contributed by atoms with van der Waals surface area (Å²) in [7, 11) is 0. The lowest BCUT2D eigenvalue weighted by molar-refractivity contribution is -0.230. The van der Waals surface area contributed by atoms with Crippen molar-refractivity contribution in [2.75, 3.05) is 11.5 Å². The Labute approximate surface area is 171 Å². The first-order valence-electron chi connectivity index (χ1n) is 7.62. The van der Waals surface area contributed by atoms with Crippen LogP contribution in [0.15, 0.2) is 35.6 Å². The van der Waals surface area contributed by atoms with Gasteiger partial charge in [0.25, 0.3) is 0 Å². The van der Waals surface area contributed by atoms with Gasteiger partial charge in [-0.2, -0.15) is 18.2 Å². The zero-order valence-corrected chi connectivity index (χ0v) is 16.2. The molecule has 3 aromatic rings. The fraction of sp³-hybridized carbons (Fsp3) is 0.188. The fourth-order valence-corrected chi connectivity index (χ4v) is 3.56. The number of nitrogens with one attached hydrogen (secondary N) is 1. The van der Waals surface area contributed by atoms with Gasteiger partial charge in [0.15, 0.2) is 11.2 Å². The van der Waals surface area contributed by atoms with E-state index in [-0.39, 0.29) is 26.7 Å². The molecule has 1 unspecified atom stereocenters. The summed E-state index contributed by atoms with van der Waals surface area (Å²) in [6.45, 7) is 0. The van der Waals surface area contributed by atoms with Gasteiger partial charge in [0.2, 0.25) is 5.95 Å². The average molecular weight is 450 g/mol. The molecule has 0 saturated heterocycles. The lowest BCUT2D eigenvalue weighted by atomic mass is 10.0. The Morgan fingerprint density at radius 2 is 1.96 bits per heavy atom. The highest BCUT2D eigenvalue weighted by Crippen LogP contribution is 2.37. The van der Waals surface area contributed by atoms with Gasteiger partial charge in [-0.3, -0.25) is 0 Å². The summed E-state index contributed by atoms with van der Waals surface area (Å²) in [4.78, 5) is 14.4. The molecule has 0 bridgehead atoms. The van der Waals surface area contributed by atoms with Gasteiger partial charge >= 0.3 is 6.18 Å². The number of thioether (sulfide) groups is 1. The number of nitrogens with zero attached hydrogens (tertiary/aromatic N) is 3. The van der Waals surface area contributed by atoms with E-state index in [1.165, 1.54) is 24.5 Å². The Balaban J connectivity index is 1.88. The number of H-pyrrole nitrogens is 1. The number of benzene rings is 1. The van der Waals surface area contributed by atoms with Crippen LogP contribution >= 0.6 is 35.0 Å². The summed E-state index contributed by atoms with van der Waals surface area (Å²) in [6.07, 6.45) is -1.83. The van der Waals surface area contributed by atoms with Crippen molar-refractivity contribution in [1.29, 1.82) is 0 Å². The van der Waals surface area contributed by atoms with Crippen LogP contribution in [0.5, 0.6) is 0 Å². The molecule has 2 heterocycles. The van der Waals surface area contributed by atoms with Crippen LogP contribution in [0, 0.1) is 0 Å². The largest absolute Gasteiger partial charge is 0.421 e. The molecule has 4 N–H and O–H groups in total. The van der Waals surface area contributed by atoms with Crippen molar-refractivity contribution in [3.63, 3.8) is 0 Å². The van der Waals surface area contributed by atoms with Crippen LogP contribution in [0.25, 0.3) is 17.2 Å². The molecule has 0 spiro atoms. The Morgan fingerprint density at radius 3 is 2.64 bits per heavy atom. The predicted molar refractivity (Wildman–Crippen MR) is 103 cm³/mol. The van der Waals surface area contributed by atoms with E-state index in [0.717, 1.165) is 6.08 Å². The van der Waals surface area contributed by atoms with Crippen molar-refractivity contribution < 1.29 is 18.3 Å². The highest BCUT2D eigenvalue weighted by molar-refractivity contribution is 7.99. The molecule has 1 atom stereocenters. The Bertz CT molecular complexity index is 1040. The van der Waals surface area contributed by atoms with E-state index in [1.807, 2.05) is 0 Å². The van der Waals surface area contributed by atoms with Gasteiger partial charge in [0, 0.05) is 5.75 Å². The minimum Gasteiger partial charge on any atom is -0.376 e. The first-order valence-corrected chi connectivity index (χ1v) is 9.36. The fourth-order valence-electron chi connectivity index (χ4n) is 2.18. The molecule has 12 heteroatoms. The first kappa shape index (κ1) is 20.7. The third kappa shape index (κ3) is 4.35. The van der Waals surface area contributed by atoms with E-state index in [0.29, 0.717) is 28.9 Å². The summed E-state index contributed by atoms with van der Waals surface area (Å²) >= 11 is 12.3. The standard InChI is InChI=1S/C16H12Cl2F3N5OS/c17-9-2-1-8(5-10(9)18)3-4-15(27,16(19,20)21)6-28-13-11-12(24-7-23-11)25-14(22)26-13/h1-5,7,27H,6H2,(H3,22,23,24,25,26)/b4-3+. The Kier molecular flexibility index (Phi) is 5.76. The SMILES string of the molecule is Nc1nc(SCC(O)(/C=C/c2ccc(Cl)c(Cl)c2)C(F)(F)F)c2[nH]cnc2n1. The molecule has 6 nitrogen and oxygen atoms in total. The maximum absolute atomic E-state index is 13.5. The second-order valence-electron chi connectivity index (χ2n) is 5.71. The highest BCUT2D eigenvalue weighted by atomic mass is 35.5. The van der Waals surface area contributed by atoms with E-state index in [1.54, 1.807) is 0 Å². The summed E-state index contributed by atoms with van der Waals surface area (Å²) in [5, 5.41) is 10.9. The molecule has 0 radical (unpaired) electrons. The topological polar surface area (TPSA) is 101 Å². The van der Waals surface area contributed by atoms with Gasteiger partial charge in [-0.25, -0.2) is 9.97 Å². The molecule has 0 fully saturated rings. The number of fused-ring (bicyclic) bond motifs is 1. The summed E-state index contributed by atoms with van der Waals surface area (Å²) < 4.78 is 40.6. The quantitative estimate of drug-likeness (QED) is 0.395. The zero-order valence-electron chi connectivity index (χ0n) is 13.8. The highest BCUT2D eigenvalue weighted by Gasteiger charge is 2.52. The van der Waals surface area contributed by atoms with Crippen molar-refractivity contribution >= 4 is 58.2 Å². The number of imidazole rings is 1. The van der Waals surface area contributed by atoms with Gasteiger partial charge in [-0.1, -0.05) is 35.3 Å². The van der Waals surface area contributed by atoms with Crippen LogP contribution in [0.2, 0.25) is 10.0 Å². The second kappa shape index (κ2) is 7.78. The molecule has 148 valence electrons. The van der Waals surface area contributed by atoms with E-state index in [9.17, 15) is 18.3 Å². The molecule has 0 saturated carbocycles. The molecule has 0 aliphatic carbocycles. The number of anilines is 1. The molecular weight excluding hydrogens is 438 g/mol. The van der Waals surface area contributed by atoms with E-state index >= 15 is 0 Å². The number of hydrogen-bond donors (Lipinski definition) is 3. The normalized spacial score (nSPS) is 14.6. The van der Waals surface area contributed by atoms with Crippen LogP contribution < -0.4 is 5.73 Å². The van der Waals surface area contributed by atoms with Crippen LogP contribution in [0.1, 0.15) is 5.56 Å². The molecule has 0 aliphatic rings. The number of aromatic amines is 1. The van der Waals surface area contributed by atoms with E-state index in [4.69, 9.17) is 28.9 Å². The Hall–Kier alpha value is -2.01. The average Bonchev–Trinajstić information content (AvgIpc) is 3.08. The molecule has 0 aliphatic heterocycles. The van der Waals surface area contributed by atoms with Gasteiger partial charge in [0.05, 0.1) is 16.4 Å². The summed E-state index contributed by atoms with van der Waals surface area (Å²) in [5.74, 6) is -0.900. The monoisotopic (exact) mass is 449 g/mol. The van der Waals surface area contributed by atoms with E-state index < -0.39 is 17.5 Å². The second-order valence-corrected chi connectivity index (χ2v) is 7.48. The predicted octanol–water partition coefficient (Wildman–Crippen LogP) is 4.34. The van der Waals surface area contributed by atoms with Crippen LogP contribution in [-0.4, -0.2) is 42.6 Å². The number of rotatable bonds is 5. The van der Waals surface area contributed by atoms with Gasteiger partial charge < -0.3 is 15.8 Å². The first-order chi connectivity index (χ1) is 13.1. The summed E-state index contributed by atoms with van der Waals surface area (Å²) in [6, 6.07) is 4.32. The summed E-state index contributed by atoms with van der Waals surface area (Å²) in [5.41, 5.74) is 3.33. The minimum absolute atomic E-state index is 0.135. The number of aromatic nitrogens is 4. The third-order valence-electron chi connectivity index (χ3n) is 3.68. The molecule has 28 heavy (non-hydrogen) atoms. The van der Waals surface area contributed by atoms with Crippen molar-refractivity contribution in [3.8, 4) is 0 Å². The van der Waals surface area contributed by atoms with Crippen molar-refractivity contribution in [2.45, 2.75) is 16.8 Å². The number of hydrogen-bond acceptors (Lipinski definition) is 6.